The van der Waals surface area contributed by atoms with Gasteiger partial charge in [-0.25, -0.2) is 9.97 Å². The molecule has 27 heavy (non-hydrogen) atoms. The number of piperidine rings is 1. The minimum absolute atomic E-state index is 0.162. The fourth-order valence-corrected chi connectivity index (χ4v) is 4.87. The molecule has 4 rings (SSSR count). The van der Waals surface area contributed by atoms with E-state index in [1.54, 1.807) is 12.4 Å². The van der Waals surface area contributed by atoms with E-state index in [0.717, 1.165) is 83.9 Å². The molecule has 0 aromatic carbocycles. The van der Waals surface area contributed by atoms with Gasteiger partial charge in [0.15, 0.2) is 0 Å². The highest BCUT2D eigenvalue weighted by Gasteiger charge is 2.45. The Labute approximate surface area is 161 Å². The molecule has 2 aliphatic heterocycles. The number of hydrogen-bond acceptors (Lipinski definition) is 6. The van der Waals surface area contributed by atoms with Crippen LogP contribution >= 0.6 is 0 Å². The van der Waals surface area contributed by atoms with Crippen LogP contribution in [0.5, 0.6) is 0 Å². The van der Waals surface area contributed by atoms with E-state index in [9.17, 15) is 4.79 Å². The van der Waals surface area contributed by atoms with Gasteiger partial charge >= 0.3 is 0 Å². The van der Waals surface area contributed by atoms with E-state index >= 15 is 0 Å². The van der Waals surface area contributed by atoms with Crippen molar-refractivity contribution in [3.05, 3.63) is 18.5 Å². The van der Waals surface area contributed by atoms with Gasteiger partial charge in [-0.05, 0) is 31.7 Å². The van der Waals surface area contributed by atoms with Gasteiger partial charge in [0, 0.05) is 44.6 Å². The van der Waals surface area contributed by atoms with Crippen LogP contribution in [0.2, 0.25) is 0 Å². The molecule has 0 spiro atoms. The van der Waals surface area contributed by atoms with Crippen LogP contribution in [0, 0.1) is 0 Å². The number of hydrogen-bond donors (Lipinski definition) is 1. The normalized spacial score (nSPS) is 26.5. The summed E-state index contributed by atoms with van der Waals surface area (Å²) in [6.07, 6.45) is 11.1. The molecule has 1 amide bonds. The van der Waals surface area contributed by atoms with E-state index in [-0.39, 0.29) is 17.5 Å². The van der Waals surface area contributed by atoms with Gasteiger partial charge in [-0.15, -0.1) is 0 Å². The smallest absolute Gasteiger partial charge is 0.240 e. The summed E-state index contributed by atoms with van der Waals surface area (Å²) in [7, 11) is 0. The van der Waals surface area contributed by atoms with Crippen LogP contribution in [0.25, 0.3) is 0 Å². The Balaban J connectivity index is 1.44. The first-order valence-corrected chi connectivity index (χ1v) is 10.4. The van der Waals surface area contributed by atoms with Crippen molar-refractivity contribution >= 4 is 11.9 Å². The van der Waals surface area contributed by atoms with Crippen LogP contribution in [0.4, 0.5) is 5.95 Å². The van der Waals surface area contributed by atoms with Crippen molar-refractivity contribution in [2.45, 2.75) is 56.5 Å². The average Bonchev–Trinajstić information content (AvgIpc) is 2.75. The minimum Gasteiger partial charge on any atom is -0.379 e. The molecule has 3 fully saturated rings. The summed E-state index contributed by atoms with van der Waals surface area (Å²) in [4.78, 5) is 26.8. The first-order valence-electron chi connectivity index (χ1n) is 10.4. The van der Waals surface area contributed by atoms with Crippen molar-refractivity contribution in [2.24, 2.45) is 0 Å². The van der Waals surface area contributed by atoms with Gasteiger partial charge in [-0.2, -0.15) is 0 Å². The summed E-state index contributed by atoms with van der Waals surface area (Å²) < 4.78 is 5.53. The molecule has 0 radical (unpaired) electrons. The first-order chi connectivity index (χ1) is 13.3. The second-order valence-electron chi connectivity index (χ2n) is 8.00. The lowest BCUT2D eigenvalue weighted by Crippen LogP contribution is -2.64. The molecule has 2 saturated heterocycles. The zero-order valence-electron chi connectivity index (χ0n) is 16.1. The van der Waals surface area contributed by atoms with Gasteiger partial charge < -0.3 is 15.0 Å². The number of carbonyl (C=O) groups excluding carboxylic acids is 1. The predicted molar refractivity (Wildman–Crippen MR) is 104 cm³/mol. The predicted octanol–water partition coefficient (Wildman–Crippen LogP) is 1.60. The third kappa shape index (κ3) is 4.09. The van der Waals surface area contributed by atoms with Crippen LogP contribution < -0.4 is 10.2 Å². The van der Waals surface area contributed by atoms with Crippen molar-refractivity contribution in [3.8, 4) is 0 Å². The van der Waals surface area contributed by atoms with E-state index in [0.29, 0.717) is 0 Å². The fraction of sp³-hybridized carbons (Fsp3) is 0.750. The number of aromatic nitrogens is 2. The van der Waals surface area contributed by atoms with Crippen molar-refractivity contribution in [3.63, 3.8) is 0 Å². The van der Waals surface area contributed by atoms with E-state index in [4.69, 9.17) is 4.74 Å². The number of nitrogens with zero attached hydrogens (tertiary/aromatic N) is 4. The van der Waals surface area contributed by atoms with E-state index in [1.165, 1.54) is 6.42 Å². The van der Waals surface area contributed by atoms with Crippen LogP contribution in [0.15, 0.2) is 18.5 Å². The molecular weight excluding hydrogens is 342 g/mol. The van der Waals surface area contributed by atoms with E-state index in [2.05, 4.69) is 25.1 Å². The monoisotopic (exact) mass is 373 g/mol. The summed E-state index contributed by atoms with van der Waals surface area (Å²) >= 11 is 0. The highest BCUT2D eigenvalue weighted by Crippen LogP contribution is 2.35. The Kier molecular flexibility index (Phi) is 5.88. The number of amides is 1. The average molecular weight is 374 g/mol. The Morgan fingerprint density at radius 2 is 1.81 bits per heavy atom. The van der Waals surface area contributed by atoms with Gasteiger partial charge in [0.2, 0.25) is 11.9 Å². The Morgan fingerprint density at radius 1 is 1.07 bits per heavy atom. The molecule has 3 aliphatic rings. The lowest BCUT2D eigenvalue weighted by molar-refractivity contribution is -0.141. The fourth-order valence-electron chi connectivity index (χ4n) is 4.87. The third-order valence-electron chi connectivity index (χ3n) is 6.31. The molecule has 7 heteroatoms. The molecule has 1 aliphatic carbocycles. The highest BCUT2D eigenvalue weighted by atomic mass is 16.5. The molecule has 1 saturated carbocycles. The van der Waals surface area contributed by atoms with Crippen molar-refractivity contribution in [1.82, 2.24) is 20.2 Å². The summed E-state index contributed by atoms with van der Waals surface area (Å²) in [5.41, 5.74) is -0.340. The summed E-state index contributed by atoms with van der Waals surface area (Å²) in [5.74, 6) is 0.988. The lowest BCUT2D eigenvalue weighted by atomic mass is 9.79. The largest absolute Gasteiger partial charge is 0.379 e. The number of anilines is 1. The maximum Gasteiger partial charge on any atom is 0.240 e. The summed E-state index contributed by atoms with van der Waals surface area (Å²) in [6.45, 7) is 4.93. The molecule has 7 nitrogen and oxygen atoms in total. The number of rotatable bonds is 4. The SMILES string of the molecule is O=C(N[C@H]1CCCN(c2ncccn2)C1)C1(N2CCOCC2)CCCCC1. The van der Waals surface area contributed by atoms with Gasteiger partial charge in [-0.3, -0.25) is 9.69 Å². The van der Waals surface area contributed by atoms with Gasteiger partial charge in [0.05, 0.1) is 13.2 Å². The van der Waals surface area contributed by atoms with Crippen LogP contribution in [-0.2, 0) is 9.53 Å². The van der Waals surface area contributed by atoms with Crippen molar-refractivity contribution < 1.29 is 9.53 Å². The van der Waals surface area contributed by atoms with Gasteiger partial charge in [-0.1, -0.05) is 19.3 Å². The van der Waals surface area contributed by atoms with E-state index < -0.39 is 0 Å². The lowest BCUT2D eigenvalue weighted by Gasteiger charge is -2.47. The zero-order chi connectivity index (χ0) is 18.5. The number of nitrogens with one attached hydrogen (secondary N) is 1. The van der Waals surface area contributed by atoms with Gasteiger partial charge in [0.1, 0.15) is 5.54 Å². The number of ether oxygens (including phenoxy) is 1. The molecule has 3 heterocycles. The zero-order valence-corrected chi connectivity index (χ0v) is 16.1. The second-order valence-corrected chi connectivity index (χ2v) is 8.00. The van der Waals surface area contributed by atoms with Gasteiger partial charge in [0.25, 0.3) is 0 Å². The highest BCUT2D eigenvalue weighted by molar-refractivity contribution is 5.86. The van der Waals surface area contributed by atoms with Crippen LogP contribution in [0.1, 0.15) is 44.9 Å². The number of carbonyl (C=O) groups is 1. The second kappa shape index (κ2) is 8.52. The topological polar surface area (TPSA) is 70.6 Å². The van der Waals surface area contributed by atoms with Crippen LogP contribution in [-0.4, -0.2) is 71.7 Å². The Morgan fingerprint density at radius 3 is 2.56 bits per heavy atom. The molecule has 1 aromatic rings. The molecule has 148 valence electrons. The van der Waals surface area contributed by atoms with Crippen molar-refractivity contribution in [1.29, 1.82) is 0 Å². The Hall–Kier alpha value is -1.73. The molecule has 1 N–H and O–H groups in total. The number of morpholine rings is 1. The molecule has 1 atom stereocenters. The third-order valence-corrected chi connectivity index (χ3v) is 6.31. The minimum atomic E-state index is -0.340. The molecule has 1 aromatic heterocycles. The summed E-state index contributed by atoms with van der Waals surface area (Å²) in [6, 6.07) is 2.00. The first kappa shape index (κ1) is 18.6. The maximum atomic E-state index is 13.5. The maximum absolute atomic E-state index is 13.5. The van der Waals surface area contributed by atoms with E-state index in [1.807, 2.05) is 6.07 Å². The summed E-state index contributed by atoms with van der Waals surface area (Å²) in [5, 5.41) is 3.41. The van der Waals surface area contributed by atoms with Crippen molar-refractivity contribution in [2.75, 3.05) is 44.3 Å². The molecule has 0 unspecified atom stereocenters. The Bertz CT molecular complexity index is 614. The quantitative estimate of drug-likeness (QED) is 0.864. The molecular formula is C20H31N5O2. The van der Waals surface area contributed by atoms with Crippen LogP contribution in [0.3, 0.4) is 0 Å². The molecule has 0 bridgehead atoms. The standard InChI is InChI=1S/C20H31N5O2/c26-18(20(7-2-1-3-8-20)25-12-14-27-15-13-25)23-17-6-4-11-24(16-17)19-21-9-5-10-22-19/h5,9-10,17H,1-4,6-8,11-16H2,(H,23,26)/t17-/m0/s1.